The molecule has 0 saturated carbocycles. The van der Waals surface area contributed by atoms with Crippen LogP contribution in [0.3, 0.4) is 0 Å². The van der Waals surface area contributed by atoms with Crippen LogP contribution in [0.5, 0.6) is 0 Å². The van der Waals surface area contributed by atoms with Crippen LogP contribution in [-0.4, -0.2) is 56.9 Å². The summed E-state index contributed by atoms with van der Waals surface area (Å²) in [6.07, 6.45) is 4.08. The molecule has 0 aromatic heterocycles. The predicted octanol–water partition coefficient (Wildman–Crippen LogP) is 0.569. The minimum Gasteiger partial charge on any atom is -0.378 e. The normalized spacial score (nSPS) is 31.4. The zero-order valence-corrected chi connectivity index (χ0v) is 11.9. The molecule has 2 rings (SSSR count). The molecule has 2 fully saturated rings. The number of hydrogen-bond donors (Lipinski definition) is 1. The van der Waals surface area contributed by atoms with Gasteiger partial charge in [0, 0.05) is 18.6 Å². The van der Waals surface area contributed by atoms with Gasteiger partial charge in [-0.1, -0.05) is 13.3 Å². The monoisotopic (exact) mass is 276 g/mol. The zero-order valence-electron chi connectivity index (χ0n) is 11.1. The Morgan fingerprint density at radius 2 is 2.22 bits per heavy atom. The van der Waals surface area contributed by atoms with E-state index in [2.05, 4.69) is 5.32 Å². The average molecular weight is 276 g/mol. The lowest BCUT2D eigenvalue weighted by Gasteiger charge is -2.35. The minimum absolute atomic E-state index is 0.0207. The highest BCUT2D eigenvalue weighted by Crippen LogP contribution is 2.18. The Morgan fingerprint density at radius 3 is 2.89 bits per heavy atom. The van der Waals surface area contributed by atoms with Crippen molar-refractivity contribution >= 4 is 10.0 Å². The summed E-state index contributed by atoms with van der Waals surface area (Å²) < 4.78 is 31.9. The Hall–Kier alpha value is -0.170. The van der Waals surface area contributed by atoms with Gasteiger partial charge in [0.25, 0.3) is 0 Å². The van der Waals surface area contributed by atoms with Crippen LogP contribution in [0.15, 0.2) is 0 Å². The number of ether oxygens (including phenoxy) is 1. The molecule has 18 heavy (non-hydrogen) atoms. The van der Waals surface area contributed by atoms with Gasteiger partial charge in [0.2, 0.25) is 10.0 Å². The van der Waals surface area contributed by atoms with Gasteiger partial charge in [0.15, 0.2) is 0 Å². The molecular weight excluding hydrogens is 252 g/mol. The largest absolute Gasteiger partial charge is 0.378 e. The number of piperidine rings is 1. The standard InChI is InChI=1S/C12H24N2O3S/c1-2-12-9-17-8-7-14(12)18(15,16)10-11-5-3-4-6-13-11/h11-13H,2-10H2,1H3. The SMILES string of the molecule is CCC1COCCN1S(=O)(=O)CC1CCCCN1. The van der Waals surface area contributed by atoms with Gasteiger partial charge in [0.05, 0.1) is 19.0 Å². The smallest absolute Gasteiger partial charge is 0.216 e. The first kappa shape index (κ1) is 14.2. The number of sulfonamides is 1. The first-order chi connectivity index (χ1) is 8.63. The highest BCUT2D eigenvalue weighted by molar-refractivity contribution is 7.89. The molecule has 0 aromatic rings. The third-order valence-corrected chi connectivity index (χ3v) is 5.85. The maximum absolute atomic E-state index is 12.5. The molecule has 2 aliphatic heterocycles. The molecule has 2 saturated heterocycles. The summed E-state index contributed by atoms with van der Waals surface area (Å²) in [5.74, 6) is 0.240. The Bertz CT molecular complexity index is 352. The fourth-order valence-corrected chi connectivity index (χ4v) is 4.74. The Labute approximate surface area is 110 Å². The molecule has 0 spiro atoms. The molecule has 1 N–H and O–H groups in total. The second kappa shape index (κ2) is 6.32. The molecule has 2 aliphatic rings. The van der Waals surface area contributed by atoms with Crippen LogP contribution in [-0.2, 0) is 14.8 Å². The van der Waals surface area contributed by atoms with Gasteiger partial charge >= 0.3 is 0 Å². The van der Waals surface area contributed by atoms with Crippen LogP contribution < -0.4 is 5.32 Å². The quantitative estimate of drug-likeness (QED) is 0.815. The van der Waals surface area contributed by atoms with Crippen molar-refractivity contribution < 1.29 is 13.2 Å². The molecule has 0 aliphatic carbocycles. The van der Waals surface area contributed by atoms with Crippen LogP contribution in [0.1, 0.15) is 32.6 Å². The van der Waals surface area contributed by atoms with Gasteiger partial charge in [-0.05, 0) is 25.8 Å². The maximum Gasteiger partial charge on any atom is 0.216 e. The van der Waals surface area contributed by atoms with E-state index in [1.165, 1.54) is 0 Å². The van der Waals surface area contributed by atoms with E-state index in [9.17, 15) is 8.42 Å². The van der Waals surface area contributed by atoms with Crippen molar-refractivity contribution in [2.45, 2.75) is 44.7 Å². The van der Waals surface area contributed by atoms with E-state index in [1.54, 1.807) is 4.31 Å². The summed E-state index contributed by atoms with van der Waals surface area (Å²) >= 11 is 0. The summed E-state index contributed by atoms with van der Waals surface area (Å²) in [7, 11) is -3.15. The first-order valence-corrected chi connectivity index (χ1v) is 8.55. The Kier molecular flexibility index (Phi) is 5.00. The van der Waals surface area contributed by atoms with E-state index in [-0.39, 0.29) is 17.8 Å². The lowest BCUT2D eigenvalue weighted by molar-refractivity contribution is 0.0313. The van der Waals surface area contributed by atoms with Crippen molar-refractivity contribution in [3.05, 3.63) is 0 Å². The van der Waals surface area contributed by atoms with Gasteiger partial charge < -0.3 is 10.1 Å². The van der Waals surface area contributed by atoms with E-state index in [0.717, 1.165) is 32.2 Å². The molecule has 2 atom stereocenters. The minimum atomic E-state index is -3.15. The Balaban J connectivity index is 1.99. The molecule has 106 valence electrons. The van der Waals surface area contributed by atoms with Gasteiger partial charge in [-0.3, -0.25) is 0 Å². The van der Waals surface area contributed by atoms with Crippen molar-refractivity contribution in [2.24, 2.45) is 0 Å². The van der Waals surface area contributed by atoms with Crippen molar-refractivity contribution in [1.29, 1.82) is 0 Å². The molecule has 0 radical (unpaired) electrons. The predicted molar refractivity (Wildman–Crippen MR) is 71.0 cm³/mol. The molecule has 0 bridgehead atoms. The third-order valence-electron chi connectivity index (χ3n) is 3.83. The fraction of sp³-hybridized carbons (Fsp3) is 1.00. The lowest BCUT2D eigenvalue weighted by atomic mass is 10.1. The molecule has 2 unspecified atom stereocenters. The maximum atomic E-state index is 12.5. The zero-order chi connectivity index (χ0) is 13.0. The topological polar surface area (TPSA) is 58.6 Å². The lowest BCUT2D eigenvalue weighted by Crippen LogP contribution is -2.52. The van der Waals surface area contributed by atoms with Crippen LogP contribution >= 0.6 is 0 Å². The summed E-state index contributed by atoms with van der Waals surface area (Å²) in [6, 6.07) is 0.149. The van der Waals surface area contributed by atoms with E-state index in [0.29, 0.717) is 19.8 Å². The molecule has 5 nitrogen and oxygen atoms in total. The average Bonchev–Trinajstić information content (AvgIpc) is 2.39. The number of nitrogens with zero attached hydrogens (tertiary/aromatic N) is 1. The molecule has 6 heteroatoms. The van der Waals surface area contributed by atoms with E-state index in [1.807, 2.05) is 6.92 Å². The summed E-state index contributed by atoms with van der Waals surface area (Å²) in [4.78, 5) is 0. The first-order valence-electron chi connectivity index (χ1n) is 6.94. The van der Waals surface area contributed by atoms with Gasteiger partial charge in [0.1, 0.15) is 0 Å². The van der Waals surface area contributed by atoms with Gasteiger partial charge in [-0.2, -0.15) is 4.31 Å². The van der Waals surface area contributed by atoms with E-state index < -0.39 is 10.0 Å². The third kappa shape index (κ3) is 3.44. The van der Waals surface area contributed by atoms with E-state index >= 15 is 0 Å². The fourth-order valence-electron chi connectivity index (χ4n) is 2.74. The number of rotatable bonds is 4. The van der Waals surface area contributed by atoms with E-state index in [4.69, 9.17) is 4.74 Å². The number of nitrogens with one attached hydrogen (secondary N) is 1. The summed E-state index contributed by atoms with van der Waals surface area (Å²) in [5, 5.41) is 3.31. The van der Waals surface area contributed by atoms with Gasteiger partial charge in [-0.25, -0.2) is 8.42 Å². The molecule has 2 heterocycles. The van der Waals surface area contributed by atoms with Crippen LogP contribution in [0.25, 0.3) is 0 Å². The second-order valence-electron chi connectivity index (χ2n) is 5.17. The van der Waals surface area contributed by atoms with Crippen molar-refractivity contribution in [3.8, 4) is 0 Å². The number of morpholine rings is 1. The number of hydrogen-bond acceptors (Lipinski definition) is 4. The summed E-state index contributed by atoms with van der Waals surface area (Å²) in [6.45, 7) is 4.52. The van der Waals surface area contributed by atoms with Crippen LogP contribution in [0.2, 0.25) is 0 Å². The van der Waals surface area contributed by atoms with Crippen LogP contribution in [0, 0.1) is 0 Å². The van der Waals surface area contributed by atoms with Crippen molar-refractivity contribution in [2.75, 3.05) is 32.1 Å². The second-order valence-corrected chi connectivity index (χ2v) is 7.14. The van der Waals surface area contributed by atoms with Crippen molar-refractivity contribution in [1.82, 2.24) is 9.62 Å². The van der Waals surface area contributed by atoms with Crippen molar-refractivity contribution in [3.63, 3.8) is 0 Å². The Morgan fingerprint density at radius 1 is 1.39 bits per heavy atom. The molecule has 0 aromatic carbocycles. The van der Waals surface area contributed by atoms with Crippen LogP contribution in [0.4, 0.5) is 0 Å². The molecular formula is C12H24N2O3S. The highest BCUT2D eigenvalue weighted by Gasteiger charge is 2.33. The highest BCUT2D eigenvalue weighted by atomic mass is 32.2. The molecule has 0 amide bonds. The summed E-state index contributed by atoms with van der Waals surface area (Å²) in [5.41, 5.74) is 0. The van der Waals surface area contributed by atoms with Gasteiger partial charge in [-0.15, -0.1) is 0 Å².